The Hall–Kier alpha value is -2.55. The van der Waals surface area contributed by atoms with Gasteiger partial charge in [-0.2, -0.15) is 13.2 Å². The van der Waals surface area contributed by atoms with Gasteiger partial charge in [0.15, 0.2) is 0 Å². The van der Waals surface area contributed by atoms with Crippen LogP contribution in [0.1, 0.15) is 21.5 Å². The molecule has 0 bridgehead atoms. The van der Waals surface area contributed by atoms with E-state index in [1.807, 2.05) is 4.72 Å². The quantitative estimate of drug-likeness (QED) is 0.908. The summed E-state index contributed by atoms with van der Waals surface area (Å²) in [5.41, 5.74) is -1.42. The highest BCUT2D eigenvalue weighted by atomic mass is 32.2. The van der Waals surface area contributed by atoms with Crippen molar-refractivity contribution < 1.29 is 31.5 Å². The number of carboxylic acids is 1. The van der Waals surface area contributed by atoms with Crippen LogP contribution in [0.3, 0.4) is 0 Å². The number of carbonyl (C=O) groups is 1. The minimum atomic E-state index is -4.62. The van der Waals surface area contributed by atoms with Gasteiger partial charge in [-0.3, -0.25) is 4.72 Å². The number of rotatable bonds is 4. The highest BCUT2D eigenvalue weighted by Crippen LogP contribution is 2.31. The molecule has 2 aromatic rings. The molecule has 0 aliphatic carbocycles. The van der Waals surface area contributed by atoms with Crippen LogP contribution >= 0.6 is 0 Å². The van der Waals surface area contributed by atoms with Crippen LogP contribution in [0.5, 0.6) is 0 Å². The lowest BCUT2D eigenvalue weighted by atomic mass is 10.1. The molecule has 24 heavy (non-hydrogen) atoms. The summed E-state index contributed by atoms with van der Waals surface area (Å²) in [6.45, 7) is 1.43. The molecular formula is C15H11F3NO4S-. The standard InChI is InChI=1S/C15H12F3NO4S/c1-9-5-6-10(14(20)21)7-13(9)24(22,23)19-12-4-2-3-11(8-12)15(16,17)18/h2-8,19H,1H3,(H,20,21)/p-1. The van der Waals surface area contributed by atoms with Gasteiger partial charge in [-0.05, 0) is 42.3 Å². The highest BCUT2D eigenvalue weighted by molar-refractivity contribution is 7.92. The SMILES string of the molecule is Cc1ccc(C(=O)[O-])cc1S(=O)(=O)Nc1cccc(C(F)(F)F)c1. The van der Waals surface area contributed by atoms with Gasteiger partial charge >= 0.3 is 6.18 Å². The fourth-order valence-corrected chi connectivity index (χ4v) is 3.31. The zero-order valence-corrected chi connectivity index (χ0v) is 13.0. The fraction of sp³-hybridized carbons (Fsp3) is 0.133. The Morgan fingerprint density at radius 2 is 1.79 bits per heavy atom. The van der Waals surface area contributed by atoms with E-state index in [4.69, 9.17) is 0 Å². The number of hydrogen-bond donors (Lipinski definition) is 1. The van der Waals surface area contributed by atoms with Crippen molar-refractivity contribution in [3.63, 3.8) is 0 Å². The van der Waals surface area contributed by atoms with Crippen molar-refractivity contribution in [2.75, 3.05) is 4.72 Å². The molecule has 0 spiro atoms. The number of anilines is 1. The molecule has 1 N–H and O–H groups in total. The summed E-state index contributed by atoms with van der Waals surface area (Å²) >= 11 is 0. The number of aryl methyl sites for hydroxylation is 1. The molecule has 0 heterocycles. The van der Waals surface area contributed by atoms with Crippen LogP contribution in [0.15, 0.2) is 47.4 Å². The average Bonchev–Trinajstić information content (AvgIpc) is 2.46. The van der Waals surface area contributed by atoms with Gasteiger partial charge in [-0.15, -0.1) is 0 Å². The Balaban J connectivity index is 2.43. The lowest BCUT2D eigenvalue weighted by Crippen LogP contribution is -2.23. The number of aromatic carboxylic acids is 1. The van der Waals surface area contributed by atoms with Crippen LogP contribution in [0.2, 0.25) is 0 Å². The molecule has 0 atom stereocenters. The number of benzene rings is 2. The maximum absolute atomic E-state index is 12.7. The number of carboxylic acid groups (broad SMARTS) is 1. The monoisotopic (exact) mass is 358 g/mol. The first-order chi connectivity index (χ1) is 11.0. The number of halogens is 3. The summed E-state index contributed by atoms with van der Waals surface area (Å²) in [6, 6.07) is 7.01. The van der Waals surface area contributed by atoms with E-state index in [0.717, 1.165) is 24.3 Å². The van der Waals surface area contributed by atoms with E-state index in [9.17, 15) is 31.5 Å². The van der Waals surface area contributed by atoms with Crippen LogP contribution in [-0.2, 0) is 16.2 Å². The maximum atomic E-state index is 12.7. The molecule has 2 rings (SSSR count). The second-order valence-electron chi connectivity index (χ2n) is 4.95. The number of sulfonamides is 1. The minimum Gasteiger partial charge on any atom is -0.545 e. The third-order valence-corrected chi connectivity index (χ3v) is 4.68. The van der Waals surface area contributed by atoms with Gasteiger partial charge in [0, 0.05) is 5.69 Å². The first-order valence-corrected chi connectivity index (χ1v) is 8.01. The first kappa shape index (κ1) is 17.8. The predicted molar refractivity (Wildman–Crippen MR) is 77.8 cm³/mol. The molecule has 0 saturated carbocycles. The Morgan fingerprint density at radius 3 is 2.38 bits per heavy atom. The van der Waals surface area contributed by atoms with Gasteiger partial charge in [0.25, 0.3) is 10.0 Å². The summed E-state index contributed by atoms with van der Waals surface area (Å²) in [7, 11) is -4.27. The van der Waals surface area contributed by atoms with Gasteiger partial charge in [0.1, 0.15) is 0 Å². The van der Waals surface area contributed by atoms with Crippen LogP contribution in [-0.4, -0.2) is 14.4 Å². The average molecular weight is 358 g/mol. The molecule has 0 radical (unpaired) electrons. The van der Waals surface area contributed by atoms with E-state index in [1.165, 1.54) is 19.1 Å². The van der Waals surface area contributed by atoms with E-state index < -0.39 is 27.7 Å². The number of alkyl halides is 3. The predicted octanol–water partition coefficient (Wildman–Crippen LogP) is 2.18. The molecule has 0 aliphatic rings. The summed E-state index contributed by atoms with van der Waals surface area (Å²) in [4.78, 5) is 10.5. The smallest absolute Gasteiger partial charge is 0.416 e. The van der Waals surface area contributed by atoms with Gasteiger partial charge in [0.2, 0.25) is 0 Å². The van der Waals surface area contributed by atoms with E-state index in [0.29, 0.717) is 6.07 Å². The van der Waals surface area contributed by atoms with Gasteiger partial charge in [0.05, 0.1) is 16.4 Å². The Morgan fingerprint density at radius 1 is 1.12 bits per heavy atom. The third kappa shape index (κ3) is 3.85. The molecule has 128 valence electrons. The molecule has 0 unspecified atom stereocenters. The van der Waals surface area contributed by atoms with Crippen molar-refractivity contribution in [3.8, 4) is 0 Å². The van der Waals surface area contributed by atoms with E-state index in [-0.39, 0.29) is 21.7 Å². The Bertz CT molecular complexity index is 892. The van der Waals surface area contributed by atoms with Crippen LogP contribution in [0.4, 0.5) is 18.9 Å². The van der Waals surface area contributed by atoms with Crippen LogP contribution < -0.4 is 9.83 Å². The lowest BCUT2D eigenvalue weighted by molar-refractivity contribution is -0.255. The van der Waals surface area contributed by atoms with Crippen molar-refractivity contribution in [3.05, 3.63) is 59.2 Å². The van der Waals surface area contributed by atoms with Gasteiger partial charge in [-0.1, -0.05) is 18.2 Å². The molecule has 0 fully saturated rings. The summed E-state index contributed by atoms with van der Waals surface area (Å²) in [5, 5.41) is 10.9. The molecule has 0 aromatic heterocycles. The van der Waals surface area contributed by atoms with Crippen LogP contribution in [0.25, 0.3) is 0 Å². The zero-order valence-electron chi connectivity index (χ0n) is 12.2. The molecule has 0 saturated heterocycles. The zero-order chi connectivity index (χ0) is 18.1. The largest absolute Gasteiger partial charge is 0.545 e. The summed E-state index contributed by atoms with van der Waals surface area (Å²) in [5.74, 6) is -1.56. The Labute approximate surface area is 135 Å². The molecular weight excluding hydrogens is 347 g/mol. The highest BCUT2D eigenvalue weighted by Gasteiger charge is 2.30. The van der Waals surface area contributed by atoms with Crippen molar-refractivity contribution in [1.82, 2.24) is 0 Å². The second kappa shape index (κ2) is 6.16. The van der Waals surface area contributed by atoms with Gasteiger partial charge < -0.3 is 9.90 Å². The molecule has 5 nitrogen and oxygen atoms in total. The van der Waals surface area contributed by atoms with Crippen molar-refractivity contribution in [2.24, 2.45) is 0 Å². The topological polar surface area (TPSA) is 86.3 Å². The molecule has 9 heteroatoms. The molecule has 2 aromatic carbocycles. The number of nitrogens with one attached hydrogen (secondary N) is 1. The Kier molecular flexibility index (Phi) is 4.57. The van der Waals surface area contributed by atoms with E-state index >= 15 is 0 Å². The fourth-order valence-electron chi connectivity index (χ4n) is 1.99. The summed E-state index contributed by atoms with van der Waals surface area (Å²) in [6.07, 6.45) is -4.62. The van der Waals surface area contributed by atoms with Crippen molar-refractivity contribution in [2.45, 2.75) is 18.0 Å². The van der Waals surface area contributed by atoms with Crippen molar-refractivity contribution in [1.29, 1.82) is 0 Å². The minimum absolute atomic E-state index is 0.236. The van der Waals surface area contributed by atoms with Crippen LogP contribution in [0, 0.1) is 6.92 Å². The number of hydrogen-bond acceptors (Lipinski definition) is 4. The molecule has 0 aliphatic heterocycles. The normalized spacial score (nSPS) is 12.0. The number of carbonyl (C=O) groups excluding carboxylic acids is 1. The molecule has 0 amide bonds. The van der Waals surface area contributed by atoms with Crippen molar-refractivity contribution >= 4 is 21.7 Å². The lowest BCUT2D eigenvalue weighted by Gasteiger charge is -2.14. The van der Waals surface area contributed by atoms with E-state index in [2.05, 4.69) is 0 Å². The first-order valence-electron chi connectivity index (χ1n) is 6.53. The van der Waals surface area contributed by atoms with E-state index in [1.54, 1.807) is 0 Å². The second-order valence-corrected chi connectivity index (χ2v) is 6.60. The maximum Gasteiger partial charge on any atom is 0.416 e. The third-order valence-electron chi connectivity index (χ3n) is 3.16. The summed E-state index contributed by atoms with van der Waals surface area (Å²) < 4.78 is 64.8. The van der Waals surface area contributed by atoms with Gasteiger partial charge in [-0.25, -0.2) is 8.42 Å².